The van der Waals surface area contributed by atoms with Crippen molar-refractivity contribution in [1.82, 2.24) is 9.88 Å². The van der Waals surface area contributed by atoms with Crippen molar-refractivity contribution in [2.24, 2.45) is 0 Å². The maximum atomic E-state index is 11.2. The first-order valence-corrected chi connectivity index (χ1v) is 8.16. The number of allylic oxidation sites excluding steroid dienone is 1. The monoisotopic (exact) mass is 338 g/mol. The van der Waals surface area contributed by atoms with Crippen molar-refractivity contribution < 1.29 is 9.53 Å². The van der Waals surface area contributed by atoms with Gasteiger partial charge in [-0.25, -0.2) is 0 Å². The Morgan fingerprint density at radius 3 is 2.67 bits per heavy atom. The molecule has 0 bridgehead atoms. The number of rotatable bonds is 4. The highest BCUT2D eigenvalue weighted by Gasteiger charge is 2.09. The van der Waals surface area contributed by atoms with Crippen LogP contribution in [0.3, 0.4) is 0 Å². The molecule has 122 valence electrons. The third kappa shape index (κ3) is 2.90. The van der Waals surface area contributed by atoms with Crippen LogP contribution in [0.1, 0.15) is 12.5 Å². The smallest absolute Gasteiger partial charge is 0.262 e. The van der Waals surface area contributed by atoms with Crippen LogP contribution < -0.4 is 5.32 Å². The Morgan fingerprint density at radius 2 is 1.96 bits per heavy atom. The van der Waals surface area contributed by atoms with Gasteiger partial charge >= 0.3 is 0 Å². The molecular formula is C19H18N2O2S. The topological polar surface area (TPSA) is 43.3 Å². The predicted octanol–water partition coefficient (Wildman–Crippen LogP) is 3.88. The molecule has 1 heterocycles. The van der Waals surface area contributed by atoms with Crippen LogP contribution in [-0.4, -0.2) is 23.1 Å². The van der Waals surface area contributed by atoms with Gasteiger partial charge in [0.15, 0.2) is 12.0 Å². The fraction of sp³-hybridized carbons (Fsp3) is 0.158. The first kappa shape index (κ1) is 16.2. The zero-order chi connectivity index (χ0) is 17.1. The first-order valence-electron chi connectivity index (χ1n) is 7.75. The summed E-state index contributed by atoms with van der Waals surface area (Å²) < 4.78 is 7.57. The molecule has 0 aliphatic carbocycles. The maximum Gasteiger partial charge on any atom is 0.262 e. The van der Waals surface area contributed by atoms with E-state index < -0.39 is 0 Å². The second kappa shape index (κ2) is 6.84. The number of nitrogens with one attached hydrogen (secondary N) is 1. The van der Waals surface area contributed by atoms with Gasteiger partial charge in [-0.05, 0) is 49.0 Å². The number of ether oxygens (including phenoxy) is 1. The molecule has 2 aromatic carbocycles. The molecule has 5 heteroatoms. The normalized spacial score (nSPS) is 11.7. The van der Waals surface area contributed by atoms with Crippen LogP contribution >= 0.6 is 12.2 Å². The van der Waals surface area contributed by atoms with Crippen LogP contribution in [0.25, 0.3) is 27.9 Å². The van der Waals surface area contributed by atoms with Crippen molar-refractivity contribution >= 4 is 51.6 Å². The van der Waals surface area contributed by atoms with E-state index in [9.17, 15) is 4.79 Å². The van der Waals surface area contributed by atoms with Gasteiger partial charge in [-0.15, -0.1) is 0 Å². The van der Waals surface area contributed by atoms with Crippen LogP contribution in [0, 0.1) is 0 Å². The lowest BCUT2D eigenvalue weighted by molar-refractivity contribution is -0.106. The van der Waals surface area contributed by atoms with Gasteiger partial charge in [-0.1, -0.05) is 24.3 Å². The molecular weight excluding hydrogens is 320 g/mol. The van der Waals surface area contributed by atoms with Crippen molar-refractivity contribution in [2.75, 3.05) is 7.05 Å². The standard InChI is InChI=1S/C19H18N2O2S/c1-3-21-17-7-5-4-6-15(17)16-11-13(8-9-18(16)21)10-14(12-22)23-19(24)20-2/h4-12H,3H2,1-2H3,(H,20,24)/b14-10+. The Balaban J connectivity index is 2.13. The molecule has 24 heavy (non-hydrogen) atoms. The number of fused-ring (bicyclic) bond motifs is 3. The highest BCUT2D eigenvalue weighted by atomic mass is 32.1. The van der Waals surface area contributed by atoms with E-state index >= 15 is 0 Å². The molecule has 0 saturated heterocycles. The average Bonchev–Trinajstić information content (AvgIpc) is 2.94. The molecule has 4 nitrogen and oxygen atoms in total. The summed E-state index contributed by atoms with van der Waals surface area (Å²) >= 11 is 4.94. The van der Waals surface area contributed by atoms with E-state index in [-0.39, 0.29) is 10.9 Å². The average molecular weight is 338 g/mol. The lowest BCUT2D eigenvalue weighted by Crippen LogP contribution is -2.18. The summed E-state index contributed by atoms with van der Waals surface area (Å²) in [6, 6.07) is 14.4. The number of benzene rings is 2. The Bertz CT molecular complexity index is 957. The van der Waals surface area contributed by atoms with Gasteiger partial charge in [-0.2, -0.15) is 0 Å². The van der Waals surface area contributed by atoms with Crippen LogP contribution in [0.5, 0.6) is 0 Å². The van der Waals surface area contributed by atoms with E-state index in [1.165, 1.54) is 16.4 Å². The third-order valence-corrected chi connectivity index (χ3v) is 4.24. The highest BCUT2D eigenvalue weighted by molar-refractivity contribution is 7.80. The summed E-state index contributed by atoms with van der Waals surface area (Å²) in [5.41, 5.74) is 3.28. The molecule has 1 N–H and O–H groups in total. The van der Waals surface area contributed by atoms with Gasteiger partial charge in [0.25, 0.3) is 5.17 Å². The second-order valence-corrected chi connectivity index (χ2v) is 5.71. The number of aldehydes is 1. The second-order valence-electron chi connectivity index (χ2n) is 5.34. The molecule has 0 unspecified atom stereocenters. The van der Waals surface area contributed by atoms with Crippen molar-refractivity contribution in [3.05, 3.63) is 53.8 Å². The van der Waals surface area contributed by atoms with Gasteiger partial charge in [0.2, 0.25) is 0 Å². The SMILES string of the molecule is CCn1c2ccccc2c2cc(/C=C(\C=O)OC(=S)NC)ccc21. The number of carbonyl (C=O) groups excluding carboxylic acids is 1. The van der Waals surface area contributed by atoms with E-state index in [0.717, 1.165) is 17.5 Å². The number of para-hydroxylation sites is 1. The zero-order valence-corrected chi connectivity index (χ0v) is 14.4. The number of aromatic nitrogens is 1. The van der Waals surface area contributed by atoms with Crippen LogP contribution in [0.15, 0.2) is 48.2 Å². The Morgan fingerprint density at radius 1 is 1.21 bits per heavy atom. The Kier molecular flexibility index (Phi) is 4.62. The number of hydrogen-bond acceptors (Lipinski definition) is 3. The largest absolute Gasteiger partial charge is 0.428 e. The van der Waals surface area contributed by atoms with E-state index in [1.807, 2.05) is 18.2 Å². The summed E-state index contributed by atoms with van der Waals surface area (Å²) in [7, 11) is 1.65. The quantitative estimate of drug-likeness (QED) is 0.339. The van der Waals surface area contributed by atoms with E-state index in [1.54, 1.807) is 13.1 Å². The molecule has 0 amide bonds. The fourth-order valence-corrected chi connectivity index (χ4v) is 3.01. The van der Waals surface area contributed by atoms with E-state index in [2.05, 4.69) is 41.1 Å². The molecule has 0 radical (unpaired) electrons. The third-order valence-electron chi connectivity index (χ3n) is 3.95. The molecule has 0 spiro atoms. The lowest BCUT2D eigenvalue weighted by atomic mass is 10.1. The minimum absolute atomic E-state index is 0.164. The predicted molar refractivity (Wildman–Crippen MR) is 102 cm³/mol. The minimum atomic E-state index is 0.164. The van der Waals surface area contributed by atoms with Gasteiger partial charge in [0, 0.05) is 35.4 Å². The molecule has 1 aromatic heterocycles. The zero-order valence-electron chi connectivity index (χ0n) is 13.6. The number of aryl methyl sites for hydroxylation is 1. The highest BCUT2D eigenvalue weighted by Crippen LogP contribution is 2.30. The molecule has 0 saturated carbocycles. The van der Waals surface area contributed by atoms with Crippen molar-refractivity contribution in [3.63, 3.8) is 0 Å². The summed E-state index contributed by atoms with van der Waals surface area (Å²) in [4.78, 5) is 11.2. The minimum Gasteiger partial charge on any atom is -0.428 e. The number of carbonyl (C=O) groups is 1. The molecule has 0 fully saturated rings. The molecule has 3 rings (SSSR count). The van der Waals surface area contributed by atoms with Crippen LogP contribution in [0.2, 0.25) is 0 Å². The Hall–Kier alpha value is -2.66. The van der Waals surface area contributed by atoms with Gasteiger partial charge in [0.1, 0.15) is 0 Å². The fourth-order valence-electron chi connectivity index (χ4n) is 2.91. The van der Waals surface area contributed by atoms with Crippen molar-refractivity contribution in [3.8, 4) is 0 Å². The number of thiocarbonyl (C=S) groups is 1. The number of hydrogen-bond donors (Lipinski definition) is 1. The molecule has 0 aliphatic heterocycles. The maximum absolute atomic E-state index is 11.2. The van der Waals surface area contributed by atoms with Crippen molar-refractivity contribution in [1.29, 1.82) is 0 Å². The summed E-state index contributed by atoms with van der Waals surface area (Å²) in [5, 5.41) is 5.20. The van der Waals surface area contributed by atoms with E-state index in [4.69, 9.17) is 17.0 Å². The van der Waals surface area contributed by atoms with Gasteiger partial charge < -0.3 is 14.6 Å². The van der Waals surface area contributed by atoms with Gasteiger partial charge in [-0.3, -0.25) is 4.79 Å². The first-order chi connectivity index (χ1) is 11.7. The summed E-state index contributed by atoms with van der Waals surface area (Å²) in [5.74, 6) is 0.174. The molecule has 0 aliphatic rings. The summed E-state index contributed by atoms with van der Waals surface area (Å²) in [6.07, 6.45) is 2.34. The van der Waals surface area contributed by atoms with Crippen LogP contribution in [0.4, 0.5) is 0 Å². The van der Waals surface area contributed by atoms with E-state index in [0.29, 0.717) is 6.29 Å². The van der Waals surface area contributed by atoms with Crippen molar-refractivity contribution in [2.45, 2.75) is 13.5 Å². The Labute approximate surface area is 145 Å². The summed E-state index contributed by atoms with van der Waals surface area (Å²) in [6.45, 7) is 3.04. The molecule has 0 atom stereocenters. The lowest BCUT2D eigenvalue weighted by Gasteiger charge is -2.05. The van der Waals surface area contributed by atoms with Gasteiger partial charge in [0.05, 0.1) is 0 Å². The number of nitrogens with zero attached hydrogens (tertiary/aromatic N) is 1. The van der Waals surface area contributed by atoms with Crippen LogP contribution in [-0.2, 0) is 16.1 Å². The molecule has 3 aromatic rings.